The quantitative estimate of drug-likeness (QED) is 0.831. The Balaban J connectivity index is 2.52. The fraction of sp³-hybridized carbons (Fsp3) is 0.100. The molecule has 0 saturated heterocycles. The fourth-order valence-corrected chi connectivity index (χ4v) is 3.14. The smallest absolute Gasteiger partial charge is 0.308 e. The highest BCUT2D eigenvalue weighted by Gasteiger charge is 2.12. The van der Waals surface area contributed by atoms with Gasteiger partial charge in [0.2, 0.25) is 0 Å². The maximum absolute atomic E-state index is 10.9. The summed E-state index contributed by atoms with van der Waals surface area (Å²) in [5.74, 6) is -0.938. The number of thiophene rings is 1. The minimum absolute atomic E-state index is 0.0967. The van der Waals surface area contributed by atoms with E-state index >= 15 is 0 Å². The number of hydrogen-bond donors (Lipinski definition) is 2. The van der Waals surface area contributed by atoms with Gasteiger partial charge in [-0.2, -0.15) is 8.42 Å². The number of fused-ring (bicyclic) bond motifs is 1. The molecular weight excluding hydrogens is 264 g/mol. The van der Waals surface area contributed by atoms with E-state index in [1.54, 1.807) is 12.1 Å². The number of hydrogen-bond acceptors (Lipinski definition) is 4. The van der Waals surface area contributed by atoms with Gasteiger partial charge in [0.15, 0.2) is 0 Å². The van der Waals surface area contributed by atoms with Crippen molar-refractivity contribution in [3.8, 4) is 0 Å². The van der Waals surface area contributed by atoms with Gasteiger partial charge in [-0.05, 0) is 23.6 Å². The summed E-state index contributed by atoms with van der Waals surface area (Å²) < 4.78 is 31.4. The molecule has 0 atom stereocenters. The van der Waals surface area contributed by atoms with Crippen LogP contribution >= 0.6 is 11.3 Å². The first-order valence-electron chi connectivity index (χ1n) is 4.58. The van der Waals surface area contributed by atoms with E-state index in [1.807, 2.05) is 0 Å². The Labute approximate surface area is 101 Å². The van der Waals surface area contributed by atoms with Crippen LogP contribution in [0.5, 0.6) is 0 Å². The SMILES string of the molecule is O=C(O)Cc1cc2ccc(S(=O)(=O)O)cc2s1. The van der Waals surface area contributed by atoms with Crippen molar-refractivity contribution in [2.45, 2.75) is 11.3 Å². The Bertz CT molecular complexity index is 684. The van der Waals surface area contributed by atoms with Crippen LogP contribution in [-0.2, 0) is 21.3 Å². The molecule has 2 rings (SSSR count). The second kappa shape index (κ2) is 4.10. The number of carboxylic acids is 1. The van der Waals surface area contributed by atoms with E-state index in [4.69, 9.17) is 9.66 Å². The van der Waals surface area contributed by atoms with Crippen LogP contribution in [0.15, 0.2) is 29.2 Å². The largest absolute Gasteiger partial charge is 0.481 e. The van der Waals surface area contributed by atoms with Crippen molar-refractivity contribution in [2.75, 3.05) is 0 Å². The number of carboxylic acid groups (broad SMARTS) is 1. The van der Waals surface area contributed by atoms with Gasteiger partial charge in [-0.25, -0.2) is 0 Å². The van der Waals surface area contributed by atoms with Gasteiger partial charge in [-0.3, -0.25) is 9.35 Å². The molecule has 0 spiro atoms. The number of rotatable bonds is 3. The zero-order valence-corrected chi connectivity index (χ0v) is 10.1. The zero-order chi connectivity index (χ0) is 12.6. The number of carbonyl (C=O) groups is 1. The van der Waals surface area contributed by atoms with E-state index in [1.165, 1.54) is 23.5 Å². The Hall–Kier alpha value is -1.44. The normalized spacial score (nSPS) is 11.8. The van der Waals surface area contributed by atoms with Crippen LogP contribution < -0.4 is 0 Å². The lowest BCUT2D eigenvalue weighted by Crippen LogP contribution is -1.96. The van der Waals surface area contributed by atoms with Crippen LogP contribution in [0.4, 0.5) is 0 Å². The monoisotopic (exact) mass is 272 g/mol. The molecule has 17 heavy (non-hydrogen) atoms. The van der Waals surface area contributed by atoms with E-state index in [2.05, 4.69) is 0 Å². The first-order valence-corrected chi connectivity index (χ1v) is 6.84. The lowest BCUT2D eigenvalue weighted by atomic mass is 10.2. The lowest BCUT2D eigenvalue weighted by molar-refractivity contribution is -0.136. The van der Waals surface area contributed by atoms with E-state index < -0.39 is 16.1 Å². The molecule has 0 aliphatic rings. The topological polar surface area (TPSA) is 91.7 Å². The molecule has 1 heterocycles. The third kappa shape index (κ3) is 2.63. The van der Waals surface area contributed by atoms with Gasteiger partial charge in [0, 0.05) is 9.58 Å². The Morgan fingerprint density at radius 1 is 1.29 bits per heavy atom. The van der Waals surface area contributed by atoms with Crippen LogP contribution in [0.1, 0.15) is 4.88 Å². The average molecular weight is 272 g/mol. The first-order chi connectivity index (χ1) is 7.86. The lowest BCUT2D eigenvalue weighted by Gasteiger charge is -1.95. The third-order valence-corrected chi connectivity index (χ3v) is 4.11. The van der Waals surface area contributed by atoms with Gasteiger partial charge in [0.25, 0.3) is 10.1 Å². The maximum atomic E-state index is 10.9. The summed E-state index contributed by atoms with van der Waals surface area (Å²) in [4.78, 5) is 11.0. The highest BCUT2D eigenvalue weighted by atomic mass is 32.2. The molecule has 0 aliphatic heterocycles. The second-order valence-corrected chi connectivity index (χ2v) is 6.05. The molecule has 0 saturated carbocycles. The van der Waals surface area contributed by atoms with Gasteiger partial charge < -0.3 is 5.11 Å². The predicted octanol–water partition coefficient (Wildman–Crippen LogP) is 1.78. The van der Waals surface area contributed by atoms with Crippen LogP contribution in [0, 0.1) is 0 Å². The minimum Gasteiger partial charge on any atom is -0.481 e. The summed E-state index contributed by atoms with van der Waals surface area (Å²) in [5, 5.41) is 9.41. The summed E-state index contributed by atoms with van der Waals surface area (Å²) in [6, 6.07) is 5.86. The molecule has 0 radical (unpaired) electrons. The minimum atomic E-state index is -4.22. The van der Waals surface area contributed by atoms with Crippen LogP contribution in [0.3, 0.4) is 0 Å². The van der Waals surface area contributed by atoms with Gasteiger partial charge in [-0.1, -0.05) is 6.07 Å². The van der Waals surface area contributed by atoms with Gasteiger partial charge >= 0.3 is 5.97 Å². The molecule has 7 heteroatoms. The standard InChI is InChI=1S/C10H8O5S2/c11-10(12)4-7-3-6-1-2-8(17(13,14)15)5-9(6)16-7/h1-3,5H,4H2,(H,11,12)(H,13,14,15). The van der Waals surface area contributed by atoms with Gasteiger partial charge in [-0.15, -0.1) is 11.3 Å². The molecule has 0 bridgehead atoms. The molecule has 0 fully saturated rings. The molecule has 90 valence electrons. The summed E-state index contributed by atoms with van der Waals surface area (Å²) >= 11 is 1.20. The molecular formula is C10H8O5S2. The molecule has 1 aromatic carbocycles. The van der Waals surface area contributed by atoms with E-state index in [0.717, 1.165) is 5.39 Å². The van der Waals surface area contributed by atoms with Crippen LogP contribution in [0.25, 0.3) is 10.1 Å². The molecule has 5 nitrogen and oxygen atoms in total. The van der Waals surface area contributed by atoms with Crippen LogP contribution in [0.2, 0.25) is 0 Å². The van der Waals surface area contributed by atoms with Gasteiger partial charge in [0.1, 0.15) is 0 Å². The summed E-state index contributed by atoms with van der Waals surface area (Å²) in [6.07, 6.45) is -0.0967. The van der Waals surface area contributed by atoms with Crippen molar-refractivity contribution in [1.82, 2.24) is 0 Å². The van der Waals surface area contributed by atoms with Crippen molar-refractivity contribution in [1.29, 1.82) is 0 Å². The highest BCUT2D eigenvalue weighted by Crippen LogP contribution is 2.28. The zero-order valence-electron chi connectivity index (χ0n) is 8.45. The Morgan fingerprint density at radius 3 is 2.59 bits per heavy atom. The van der Waals surface area contributed by atoms with Crippen molar-refractivity contribution >= 4 is 37.5 Å². The predicted molar refractivity (Wildman–Crippen MR) is 63.0 cm³/mol. The molecule has 0 unspecified atom stereocenters. The fourth-order valence-electron chi connectivity index (χ4n) is 1.46. The highest BCUT2D eigenvalue weighted by molar-refractivity contribution is 7.85. The van der Waals surface area contributed by atoms with E-state index in [0.29, 0.717) is 9.58 Å². The summed E-state index contributed by atoms with van der Waals surface area (Å²) in [5.41, 5.74) is 0. The van der Waals surface area contributed by atoms with Crippen molar-refractivity contribution in [2.24, 2.45) is 0 Å². The number of aliphatic carboxylic acids is 1. The average Bonchev–Trinajstić information content (AvgIpc) is 2.55. The Morgan fingerprint density at radius 2 is 2.00 bits per heavy atom. The maximum Gasteiger partial charge on any atom is 0.308 e. The van der Waals surface area contributed by atoms with E-state index in [9.17, 15) is 13.2 Å². The Kier molecular flexibility index (Phi) is 2.90. The molecule has 1 aromatic heterocycles. The molecule has 2 aromatic rings. The molecule has 0 amide bonds. The van der Waals surface area contributed by atoms with Crippen LogP contribution in [-0.4, -0.2) is 24.0 Å². The van der Waals surface area contributed by atoms with Crippen molar-refractivity contribution in [3.05, 3.63) is 29.1 Å². The van der Waals surface area contributed by atoms with Gasteiger partial charge in [0.05, 0.1) is 11.3 Å². The molecule has 0 aliphatic carbocycles. The summed E-state index contributed by atoms with van der Waals surface area (Å²) in [6.45, 7) is 0. The molecule has 2 N–H and O–H groups in total. The number of benzene rings is 1. The second-order valence-electron chi connectivity index (χ2n) is 3.46. The van der Waals surface area contributed by atoms with E-state index in [-0.39, 0.29) is 11.3 Å². The van der Waals surface area contributed by atoms with Crippen molar-refractivity contribution < 1.29 is 22.9 Å². The third-order valence-electron chi connectivity index (χ3n) is 2.17. The first kappa shape index (κ1) is 12.0. The summed E-state index contributed by atoms with van der Waals surface area (Å²) in [7, 11) is -4.22. The van der Waals surface area contributed by atoms with Crippen molar-refractivity contribution in [3.63, 3.8) is 0 Å².